The van der Waals surface area contributed by atoms with E-state index in [0.29, 0.717) is 6.04 Å². The average molecular weight is 213 g/mol. The minimum absolute atomic E-state index is 0.270. The lowest BCUT2D eigenvalue weighted by molar-refractivity contribution is -0.0129. The van der Waals surface area contributed by atoms with E-state index in [1.54, 1.807) is 0 Å². The smallest absolute Gasteiger partial charge is 0.0351 e. The first kappa shape index (κ1) is 12.9. The lowest BCUT2D eigenvalue weighted by Crippen LogP contribution is -2.65. The quantitative estimate of drug-likeness (QED) is 0.760. The van der Waals surface area contributed by atoms with Crippen LogP contribution in [0.5, 0.6) is 0 Å². The van der Waals surface area contributed by atoms with Crippen LogP contribution in [-0.2, 0) is 0 Å². The van der Waals surface area contributed by atoms with E-state index < -0.39 is 0 Å². The van der Waals surface area contributed by atoms with Crippen molar-refractivity contribution in [2.75, 3.05) is 33.2 Å². The molecule has 3 nitrogen and oxygen atoms in total. The third-order valence-corrected chi connectivity index (χ3v) is 3.42. The Bertz CT molecular complexity index is 191. The lowest BCUT2D eigenvalue weighted by Gasteiger charge is -2.51. The van der Waals surface area contributed by atoms with Crippen LogP contribution < -0.4 is 5.73 Å². The summed E-state index contributed by atoms with van der Waals surface area (Å²) in [4.78, 5) is 5.01. The number of nitrogens with two attached hydrogens (primary N) is 1. The van der Waals surface area contributed by atoms with Gasteiger partial charge in [0.2, 0.25) is 0 Å². The highest BCUT2D eigenvalue weighted by atomic mass is 15.3. The third kappa shape index (κ3) is 3.16. The second-order valence-corrected chi connectivity index (χ2v) is 5.45. The number of hydrogen-bond donors (Lipinski definition) is 1. The molecule has 0 aliphatic carbocycles. The lowest BCUT2D eigenvalue weighted by atomic mass is 9.94. The maximum Gasteiger partial charge on any atom is 0.0351 e. The molecule has 1 heterocycles. The first-order valence-electron chi connectivity index (χ1n) is 6.16. The maximum atomic E-state index is 5.88. The zero-order valence-corrected chi connectivity index (χ0v) is 10.8. The summed E-state index contributed by atoms with van der Waals surface area (Å²) in [6, 6.07) is 0.533. The fourth-order valence-electron chi connectivity index (χ4n) is 2.78. The molecule has 2 N–H and O–H groups in total. The topological polar surface area (TPSA) is 32.5 Å². The van der Waals surface area contributed by atoms with Crippen LogP contribution in [0, 0.1) is 0 Å². The van der Waals surface area contributed by atoms with Gasteiger partial charge in [0, 0.05) is 31.2 Å². The molecule has 0 saturated carbocycles. The first-order valence-corrected chi connectivity index (χ1v) is 6.16. The van der Waals surface area contributed by atoms with Crippen molar-refractivity contribution < 1.29 is 0 Å². The van der Waals surface area contributed by atoms with E-state index in [-0.39, 0.29) is 5.54 Å². The molecule has 15 heavy (non-hydrogen) atoms. The van der Waals surface area contributed by atoms with Crippen molar-refractivity contribution in [1.29, 1.82) is 0 Å². The summed E-state index contributed by atoms with van der Waals surface area (Å²) in [7, 11) is 2.20. The van der Waals surface area contributed by atoms with Crippen LogP contribution in [-0.4, -0.2) is 54.6 Å². The highest BCUT2D eigenvalue weighted by molar-refractivity contribution is 4.94. The Kier molecular flexibility index (Phi) is 4.56. The van der Waals surface area contributed by atoms with Crippen molar-refractivity contribution in [3.05, 3.63) is 0 Å². The minimum atomic E-state index is 0.270. The Hall–Kier alpha value is -0.120. The van der Waals surface area contributed by atoms with Crippen LogP contribution in [0.3, 0.4) is 0 Å². The fraction of sp³-hybridized carbons (Fsp3) is 1.00. The Morgan fingerprint density at radius 2 is 2.07 bits per heavy atom. The molecule has 1 aliphatic heterocycles. The Morgan fingerprint density at radius 1 is 1.40 bits per heavy atom. The van der Waals surface area contributed by atoms with Gasteiger partial charge in [-0.2, -0.15) is 0 Å². The Balaban J connectivity index is 2.67. The van der Waals surface area contributed by atoms with Crippen molar-refractivity contribution in [1.82, 2.24) is 9.80 Å². The summed E-state index contributed by atoms with van der Waals surface area (Å²) < 4.78 is 0. The summed E-state index contributed by atoms with van der Waals surface area (Å²) in [5, 5.41) is 0. The fourth-order valence-corrected chi connectivity index (χ4v) is 2.78. The van der Waals surface area contributed by atoms with Crippen molar-refractivity contribution in [2.45, 2.75) is 45.2 Å². The van der Waals surface area contributed by atoms with Crippen molar-refractivity contribution >= 4 is 0 Å². The largest absolute Gasteiger partial charge is 0.329 e. The average Bonchev–Trinajstić information content (AvgIpc) is 2.14. The monoisotopic (exact) mass is 213 g/mol. The number of likely N-dealkylation sites (N-methyl/N-ethyl adjacent to an activating group) is 1. The maximum absolute atomic E-state index is 5.88. The zero-order valence-electron chi connectivity index (χ0n) is 10.8. The molecule has 0 aromatic carbocycles. The Morgan fingerprint density at radius 3 is 2.60 bits per heavy atom. The van der Waals surface area contributed by atoms with Gasteiger partial charge >= 0.3 is 0 Å². The summed E-state index contributed by atoms with van der Waals surface area (Å²) in [5.41, 5.74) is 6.15. The van der Waals surface area contributed by atoms with Gasteiger partial charge < -0.3 is 10.6 Å². The molecule has 3 heteroatoms. The van der Waals surface area contributed by atoms with Gasteiger partial charge in [-0.05, 0) is 33.9 Å². The van der Waals surface area contributed by atoms with Gasteiger partial charge in [0.1, 0.15) is 0 Å². The van der Waals surface area contributed by atoms with Crippen LogP contribution in [0.1, 0.15) is 33.6 Å². The second-order valence-electron chi connectivity index (χ2n) is 5.45. The molecule has 0 spiro atoms. The molecule has 0 amide bonds. The van der Waals surface area contributed by atoms with Crippen LogP contribution in [0.4, 0.5) is 0 Å². The number of unbranched alkanes of at least 4 members (excludes halogenated alkanes) is 1. The van der Waals surface area contributed by atoms with E-state index in [2.05, 4.69) is 37.6 Å². The molecule has 1 unspecified atom stereocenters. The first-order chi connectivity index (χ1) is 7.01. The predicted molar refractivity (Wildman–Crippen MR) is 66.0 cm³/mol. The van der Waals surface area contributed by atoms with Gasteiger partial charge in [0.15, 0.2) is 0 Å². The number of piperazine rings is 1. The summed E-state index contributed by atoms with van der Waals surface area (Å²) >= 11 is 0. The standard InChI is InChI=1S/C12H27N3/c1-5-6-7-15-11(8-13)9-14(4)10-12(15,2)3/h11H,5-10,13H2,1-4H3. The summed E-state index contributed by atoms with van der Waals surface area (Å²) in [5.74, 6) is 0. The van der Waals surface area contributed by atoms with Gasteiger partial charge in [-0.3, -0.25) is 4.90 Å². The summed E-state index contributed by atoms with van der Waals surface area (Å²) in [6.45, 7) is 11.1. The number of hydrogen-bond acceptors (Lipinski definition) is 3. The molecular weight excluding hydrogens is 186 g/mol. The van der Waals surface area contributed by atoms with E-state index >= 15 is 0 Å². The molecule has 0 aromatic heterocycles. The molecular formula is C12H27N3. The van der Waals surface area contributed by atoms with E-state index in [9.17, 15) is 0 Å². The second kappa shape index (κ2) is 5.28. The van der Waals surface area contributed by atoms with Crippen LogP contribution >= 0.6 is 0 Å². The predicted octanol–water partition coefficient (Wildman–Crippen LogP) is 1.14. The molecule has 1 rings (SSSR count). The molecule has 1 fully saturated rings. The number of rotatable bonds is 4. The Labute approximate surface area is 94.6 Å². The van der Waals surface area contributed by atoms with E-state index in [0.717, 1.165) is 19.6 Å². The highest BCUT2D eigenvalue weighted by Crippen LogP contribution is 2.24. The van der Waals surface area contributed by atoms with Gasteiger partial charge in [0.25, 0.3) is 0 Å². The van der Waals surface area contributed by atoms with Crippen LogP contribution in [0.15, 0.2) is 0 Å². The number of nitrogens with zero attached hydrogens (tertiary/aromatic N) is 2. The van der Waals surface area contributed by atoms with E-state index in [4.69, 9.17) is 5.73 Å². The van der Waals surface area contributed by atoms with Crippen molar-refractivity contribution in [3.63, 3.8) is 0 Å². The molecule has 1 saturated heterocycles. The molecule has 0 bridgehead atoms. The van der Waals surface area contributed by atoms with Crippen LogP contribution in [0.25, 0.3) is 0 Å². The zero-order chi connectivity index (χ0) is 11.5. The van der Waals surface area contributed by atoms with E-state index in [1.165, 1.54) is 19.4 Å². The van der Waals surface area contributed by atoms with Gasteiger partial charge in [-0.25, -0.2) is 0 Å². The van der Waals surface area contributed by atoms with Gasteiger partial charge in [-0.1, -0.05) is 13.3 Å². The molecule has 0 aromatic rings. The SMILES string of the molecule is CCCCN1C(CN)CN(C)CC1(C)C. The molecule has 1 atom stereocenters. The summed E-state index contributed by atoms with van der Waals surface area (Å²) in [6.07, 6.45) is 2.54. The molecule has 1 aliphatic rings. The minimum Gasteiger partial charge on any atom is -0.329 e. The van der Waals surface area contributed by atoms with Gasteiger partial charge in [-0.15, -0.1) is 0 Å². The van der Waals surface area contributed by atoms with Crippen molar-refractivity contribution in [3.8, 4) is 0 Å². The van der Waals surface area contributed by atoms with E-state index in [1.807, 2.05) is 0 Å². The van der Waals surface area contributed by atoms with Crippen LogP contribution in [0.2, 0.25) is 0 Å². The van der Waals surface area contributed by atoms with Crippen molar-refractivity contribution in [2.24, 2.45) is 5.73 Å². The van der Waals surface area contributed by atoms with Gasteiger partial charge in [0.05, 0.1) is 0 Å². The third-order valence-electron chi connectivity index (χ3n) is 3.42. The molecule has 0 radical (unpaired) electrons. The highest BCUT2D eigenvalue weighted by Gasteiger charge is 2.37. The molecule has 90 valence electrons. The normalized spacial score (nSPS) is 28.2.